The van der Waals surface area contributed by atoms with E-state index in [1.54, 1.807) is 31.4 Å². The number of nitrogens with zero attached hydrogens (tertiary/aromatic N) is 2. The molecule has 1 aliphatic carbocycles. The fourth-order valence-corrected chi connectivity index (χ4v) is 2.43. The molecule has 5 nitrogen and oxygen atoms in total. The minimum Gasteiger partial charge on any atom is -0.497 e. The third kappa shape index (κ3) is 3.01. The summed E-state index contributed by atoms with van der Waals surface area (Å²) in [5.74, 6) is 2.20. The maximum Gasteiger partial charge on any atom is 0.277 e. The van der Waals surface area contributed by atoms with Crippen LogP contribution in [0.4, 0.5) is 0 Å². The van der Waals surface area contributed by atoms with Gasteiger partial charge in [0.15, 0.2) is 5.78 Å². The minimum atomic E-state index is 0.0313. The lowest BCUT2D eigenvalue weighted by molar-refractivity contribution is 0.102. The quantitative estimate of drug-likeness (QED) is 0.602. The summed E-state index contributed by atoms with van der Waals surface area (Å²) >= 11 is 1.28. The molecule has 104 valence electrons. The molecule has 0 spiro atoms. The molecule has 0 atom stereocenters. The second kappa shape index (κ2) is 5.66. The predicted octanol–water partition coefficient (Wildman–Crippen LogP) is 2.93. The smallest absolute Gasteiger partial charge is 0.277 e. The molecule has 0 radical (unpaired) electrons. The Labute approximate surface area is 120 Å². The molecule has 0 bridgehead atoms. The lowest BCUT2D eigenvalue weighted by Gasteiger charge is -2.01. The Bertz CT molecular complexity index is 605. The van der Waals surface area contributed by atoms with Crippen molar-refractivity contribution < 1.29 is 13.9 Å². The van der Waals surface area contributed by atoms with Gasteiger partial charge in [0, 0.05) is 11.5 Å². The van der Waals surface area contributed by atoms with E-state index >= 15 is 0 Å². The number of ketones is 1. The summed E-state index contributed by atoms with van der Waals surface area (Å²) in [6.07, 6.45) is 2.24. The second-order valence-corrected chi connectivity index (χ2v) is 5.55. The predicted molar refractivity (Wildman–Crippen MR) is 74.3 cm³/mol. The molecule has 0 amide bonds. The van der Waals surface area contributed by atoms with Gasteiger partial charge >= 0.3 is 0 Å². The molecule has 6 heteroatoms. The number of hydrogen-bond acceptors (Lipinski definition) is 6. The molecule has 0 unspecified atom stereocenters. The molecule has 0 aliphatic heterocycles. The van der Waals surface area contributed by atoms with Crippen LogP contribution in [0, 0.1) is 0 Å². The van der Waals surface area contributed by atoms with Crippen molar-refractivity contribution in [1.29, 1.82) is 0 Å². The first kappa shape index (κ1) is 13.2. The number of rotatable bonds is 6. The number of thioether (sulfide) groups is 1. The Kier molecular flexibility index (Phi) is 3.73. The van der Waals surface area contributed by atoms with Crippen LogP contribution in [0.2, 0.25) is 0 Å². The molecule has 0 N–H and O–H groups in total. The van der Waals surface area contributed by atoms with E-state index in [1.165, 1.54) is 11.8 Å². The summed E-state index contributed by atoms with van der Waals surface area (Å²) in [6, 6.07) is 7.06. The zero-order chi connectivity index (χ0) is 13.9. The molecule has 1 saturated carbocycles. The van der Waals surface area contributed by atoms with Gasteiger partial charge in [-0.1, -0.05) is 11.8 Å². The Balaban J connectivity index is 1.57. The normalized spacial score (nSPS) is 14.2. The summed E-state index contributed by atoms with van der Waals surface area (Å²) in [6.45, 7) is 0. The minimum absolute atomic E-state index is 0.0313. The Morgan fingerprint density at radius 1 is 1.35 bits per heavy atom. The van der Waals surface area contributed by atoms with Crippen LogP contribution in [-0.4, -0.2) is 28.8 Å². The first-order chi connectivity index (χ1) is 9.76. The molecule has 20 heavy (non-hydrogen) atoms. The third-order valence-corrected chi connectivity index (χ3v) is 3.91. The van der Waals surface area contributed by atoms with Crippen molar-refractivity contribution >= 4 is 17.5 Å². The highest BCUT2D eigenvalue weighted by Gasteiger charge is 2.29. The fraction of sp³-hybridized carbons (Fsp3) is 0.357. The lowest BCUT2D eigenvalue weighted by atomic mass is 10.1. The maximum absolute atomic E-state index is 12.0. The first-order valence-corrected chi connectivity index (χ1v) is 7.38. The highest BCUT2D eigenvalue weighted by atomic mass is 32.2. The summed E-state index contributed by atoms with van der Waals surface area (Å²) < 4.78 is 10.6. The van der Waals surface area contributed by atoms with E-state index in [1.807, 2.05) is 0 Å². The summed E-state index contributed by atoms with van der Waals surface area (Å²) in [4.78, 5) is 12.0. The first-order valence-electron chi connectivity index (χ1n) is 6.39. The number of ether oxygens (including phenoxy) is 1. The topological polar surface area (TPSA) is 65.2 Å². The Morgan fingerprint density at radius 3 is 2.75 bits per heavy atom. The zero-order valence-corrected chi connectivity index (χ0v) is 11.9. The molecule has 1 heterocycles. The number of carbonyl (C=O) groups is 1. The van der Waals surface area contributed by atoms with Crippen molar-refractivity contribution in [3.05, 3.63) is 35.7 Å². The van der Waals surface area contributed by atoms with Crippen LogP contribution < -0.4 is 4.74 Å². The van der Waals surface area contributed by atoms with E-state index in [4.69, 9.17) is 9.15 Å². The van der Waals surface area contributed by atoms with E-state index in [9.17, 15) is 4.79 Å². The summed E-state index contributed by atoms with van der Waals surface area (Å²) in [5, 5.41) is 8.40. The van der Waals surface area contributed by atoms with Crippen LogP contribution in [0.25, 0.3) is 0 Å². The van der Waals surface area contributed by atoms with Gasteiger partial charge in [-0.3, -0.25) is 4.79 Å². The van der Waals surface area contributed by atoms with Crippen LogP contribution in [0.5, 0.6) is 5.75 Å². The third-order valence-electron chi connectivity index (χ3n) is 3.09. The summed E-state index contributed by atoms with van der Waals surface area (Å²) in [5.41, 5.74) is 0.653. The lowest BCUT2D eigenvalue weighted by Crippen LogP contribution is -2.02. The number of benzene rings is 1. The second-order valence-electron chi connectivity index (χ2n) is 4.62. The van der Waals surface area contributed by atoms with E-state index in [2.05, 4.69) is 10.2 Å². The van der Waals surface area contributed by atoms with Gasteiger partial charge in [-0.25, -0.2) is 0 Å². The van der Waals surface area contributed by atoms with Crippen molar-refractivity contribution in [3.8, 4) is 5.75 Å². The van der Waals surface area contributed by atoms with Crippen molar-refractivity contribution in [2.75, 3.05) is 12.9 Å². The number of Topliss-reactive ketones (excluding diaryl/α,β-unsaturated/α-hetero) is 1. The molecular weight excluding hydrogens is 276 g/mol. The molecule has 1 fully saturated rings. The van der Waals surface area contributed by atoms with Crippen molar-refractivity contribution in [3.63, 3.8) is 0 Å². The highest BCUT2D eigenvalue weighted by molar-refractivity contribution is 7.99. The van der Waals surface area contributed by atoms with Gasteiger partial charge in [-0.15, -0.1) is 10.2 Å². The SMILES string of the molecule is COc1ccc(C(=O)CSc2nnc(C3CC3)o2)cc1. The molecule has 1 aromatic heterocycles. The van der Waals surface area contributed by atoms with Crippen LogP contribution in [0.1, 0.15) is 35.0 Å². The number of methoxy groups -OCH3 is 1. The molecule has 3 rings (SSSR count). The highest BCUT2D eigenvalue weighted by Crippen LogP contribution is 2.39. The molecule has 1 aliphatic rings. The van der Waals surface area contributed by atoms with E-state index in [-0.39, 0.29) is 5.78 Å². The van der Waals surface area contributed by atoms with Crippen LogP contribution >= 0.6 is 11.8 Å². The van der Waals surface area contributed by atoms with Gasteiger partial charge in [-0.2, -0.15) is 0 Å². The molecule has 1 aromatic carbocycles. The number of aromatic nitrogens is 2. The van der Waals surface area contributed by atoms with E-state index < -0.39 is 0 Å². The molecule has 0 saturated heterocycles. The van der Waals surface area contributed by atoms with E-state index in [0.29, 0.717) is 28.3 Å². The zero-order valence-electron chi connectivity index (χ0n) is 11.0. The number of carbonyl (C=O) groups excluding carboxylic acids is 1. The van der Waals surface area contributed by atoms with Gasteiger partial charge in [0.1, 0.15) is 5.75 Å². The average molecular weight is 290 g/mol. The standard InChI is InChI=1S/C14H14N2O3S/c1-18-11-6-4-9(5-7-11)12(17)8-20-14-16-15-13(19-14)10-2-3-10/h4-7,10H,2-3,8H2,1H3. The molecular formula is C14H14N2O3S. The van der Waals surface area contributed by atoms with Gasteiger partial charge in [-0.05, 0) is 37.1 Å². The average Bonchev–Trinajstić information content (AvgIpc) is 3.24. The van der Waals surface area contributed by atoms with Gasteiger partial charge in [0.2, 0.25) is 5.89 Å². The van der Waals surface area contributed by atoms with Gasteiger partial charge in [0.25, 0.3) is 5.22 Å². The Morgan fingerprint density at radius 2 is 2.10 bits per heavy atom. The molecule has 2 aromatic rings. The van der Waals surface area contributed by atoms with Crippen molar-refractivity contribution in [1.82, 2.24) is 10.2 Å². The Hall–Kier alpha value is -1.82. The largest absolute Gasteiger partial charge is 0.497 e. The monoisotopic (exact) mass is 290 g/mol. The van der Waals surface area contributed by atoms with Crippen molar-refractivity contribution in [2.24, 2.45) is 0 Å². The van der Waals surface area contributed by atoms with Crippen molar-refractivity contribution in [2.45, 2.75) is 24.0 Å². The fourth-order valence-electron chi connectivity index (χ4n) is 1.76. The number of hydrogen-bond donors (Lipinski definition) is 0. The van der Waals surface area contributed by atoms with E-state index in [0.717, 1.165) is 18.6 Å². The van der Waals surface area contributed by atoms with Crippen LogP contribution in [0.3, 0.4) is 0 Å². The van der Waals surface area contributed by atoms with Gasteiger partial charge < -0.3 is 9.15 Å². The van der Waals surface area contributed by atoms with Crippen LogP contribution in [0.15, 0.2) is 33.9 Å². The summed E-state index contributed by atoms with van der Waals surface area (Å²) in [7, 11) is 1.60. The maximum atomic E-state index is 12.0. The van der Waals surface area contributed by atoms with Crippen LogP contribution in [-0.2, 0) is 0 Å². The van der Waals surface area contributed by atoms with Gasteiger partial charge in [0.05, 0.1) is 12.9 Å².